The van der Waals surface area contributed by atoms with Gasteiger partial charge in [0.2, 0.25) is 5.91 Å². The van der Waals surface area contributed by atoms with Crippen molar-refractivity contribution in [2.45, 2.75) is 37.8 Å². The molecule has 0 bridgehead atoms. The summed E-state index contributed by atoms with van der Waals surface area (Å²) in [6.07, 6.45) is 2.58. The number of carbonyl (C=O) groups is 2. The Hall–Kier alpha value is -1.10. The van der Waals surface area contributed by atoms with E-state index in [4.69, 9.17) is 5.11 Å². The van der Waals surface area contributed by atoms with E-state index in [9.17, 15) is 9.59 Å². The summed E-state index contributed by atoms with van der Waals surface area (Å²) in [4.78, 5) is 24.4. The second kappa shape index (κ2) is 3.48. The van der Waals surface area contributed by atoms with Crippen molar-refractivity contribution in [3.63, 3.8) is 0 Å². The lowest BCUT2D eigenvalue weighted by Gasteiger charge is -2.25. The molecule has 84 valence electrons. The first-order valence-electron chi connectivity index (χ1n) is 5.36. The summed E-state index contributed by atoms with van der Waals surface area (Å²) in [5, 5.41) is 12.1. The molecule has 2 aliphatic heterocycles. The Morgan fingerprint density at radius 2 is 2.33 bits per heavy atom. The predicted octanol–water partition coefficient (Wildman–Crippen LogP) is -0.186. The summed E-state index contributed by atoms with van der Waals surface area (Å²) >= 11 is 0. The van der Waals surface area contributed by atoms with Gasteiger partial charge in [0.25, 0.3) is 0 Å². The van der Waals surface area contributed by atoms with Crippen molar-refractivity contribution >= 4 is 11.9 Å². The van der Waals surface area contributed by atoms with Crippen molar-refractivity contribution in [3.05, 3.63) is 0 Å². The molecule has 2 saturated heterocycles. The van der Waals surface area contributed by atoms with Gasteiger partial charge in [0, 0.05) is 6.54 Å². The van der Waals surface area contributed by atoms with E-state index < -0.39 is 17.6 Å². The summed E-state index contributed by atoms with van der Waals surface area (Å²) < 4.78 is 0. The molecule has 15 heavy (non-hydrogen) atoms. The zero-order valence-corrected chi connectivity index (χ0v) is 8.82. The molecular formula is C10H16N2O3. The first kappa shape index (κ1) is 10.4. The minimum absolute atomic E-state index is 0.0325. The summed E-state index contributed by atoms with van der Waals surface area (Å²) in [6, 6.07) is -0.709. The molecule has 0 aliphatic carbocycles. The minimum Gasteiger partial charge on any atom is -0.480 e. The number of carboxylic acid groups (broad SMARTS) is 1. The van der Waals surface area contributed by atoms with E-state index in [2.05, 4.69) is 5.32 Å². The van der Waals surface area contributed by atoms with Gasteiger partial charge in [-0.05, 0) is 32.7 Å². The van der Waals surface area contributed by atoms with Crippen molar-refractivity contribution in [1.29, 1.82) is 0 Å². The highest BCUT2D eigenvalue weighted by atomic mass is 16.4. The molecule has 2 fully saturated rings. The van der Waals surface area contributed by atoms with Crippen LogP contribution in [0.4, 0.5) is 0 Å². The van der Waals surface area contributed by atoms with Crippen molar-refractivity contribution in [2.75, 3.05) is 13.1 Å². The van der Waals surface area contributed by atoms with Gasteiger partial charge in [0.15, 0.2) is 0 Å². The SMILES string of the molecule is C[C@@H](C(=O)O)N1CC[C@]2(CCCN2)C1=O. The fourth-order valence-electron chi connectivity index (χ4n) is 2.50. The van der Waals surface area contributed by atoms with Gasteiger partial charge < -0.3 is 15.3 Å². The third-order valence-corrected chi connectivity index (χ3v) is 3.52. The lowest BCUT2D eigenvalue weighted by atomic mass is 9.96. The molecule has 0 aromatic rings. The molecule has 5 nitrogen and oxygen atoms in total. The number of hydrogen-bond donors (Lipinski definition) is 2. The second-order valence-electron chi connectivity index (χ2n) is 4.38. The van der Waals surface area contributed by atoms with E-state index in [1.807, 2.05) is 0 Å². The van der Waals surface area contributed by atoms with Crippen LogP contribution < -0.4 is 5.32 Å². The number of rotatable bonds is 2. The van der Waals surface area contributed by atoms with Crippen LogP contribution in [-0.2, 0) is 9.59 Å². The van der Waals surface area contributed by atoms with Crippen LogP contribution in [0.5, 0.6) is 0 Å². The van der Waals surface area contributed by atoms with Crippen LogP contribution in [0.3, 0.4) is 0 Å². The Morgan fingerprint density at radius 1 is 1.60 bits per heavy atom. The first-order valence-corrected chi connectivity index (χ1v) is 5.36. The van der Waals surface area contributed by atoms with Crippen LogP contribution in [0.15, 0.2) is 0 Å². The Morgan fingerprint density at radius 3 is 2.87 bits per heavy atom. The van der Waals surface area contributed by atoms with E-state index in [-0.39, 0.29) is 5.91 Å². The molecule has 0 unspecified atom stereocenters. The maximum atomic E-state index is 12.1. The average Bonchev–Trinajstić information content (AvgIpc) is 2.77. The average molecular weight is 212 g/mol. The van der Waals surface area contributed by atoms with Crippen molar-refractivity contribution in [1.82, 2.24) is 10.2 Å². The molecule has 1 amide bonds. The number of likely N-dealkylation sites (tertiary alicyclic amines) is 1. The van der Waals surface area contributed by atoms with E-state index >= 15 is 0 Å². The van der Waals surface area contributed by atoms with Crippen LogP contribution >= 0.6 is 0 Å². The van der Waals surface area contributed by atoms with E-state index in [1.165, 1.54) is 4.90 Å². The number of nitrogens with zero attached hydrogens (tertiary/aromatic N) is 1. The minimum atomic E-state index is -0.932. The molecule has 2 heterocycles. The second-order valence-corrected chi connectivity index (χ2v) is 4.38. The Labute approximate surface area is 88.4 Å². The molecule has 5 heteroatoms. The number of amides is 1. The van der Waals surface area contributed by atoms with E-state index in [0.29, 0.717) is 6.54 Å². The molecule has 2 rings (SSSR count). The molecule has 0 aromatic heterocycles. The van der Waals surface area contributed by atoms with Gasteiger partial charge in [0.1, 0.15) is 6.04 Å². The monoisotopic (exact) mass is 212 g/mol. The van der Waals surface area contributed by atoms with Gasteiger partial charge in [-0.1, -0.05) is 0 Å². The lowest BCUT2D eigenvalue weighted by molar-refractivity contribution is -0.148. The Bertz CT molecular complexity index is 297. The van der Waals surface area contributed by atoms with Crippen molar-refractivity contribution in [3.8, 4) is 0 Å². The fraction of sp³-hybridized carbons (Fsp3) is 0.800. The highest BCUT2D eigenvalue weighted by molar-refractivity contribution is 5.92. The molecule has 0 saturated carbocycles. The smallest absolute Gasteiger partial charge is 0.326 e. The third-order valence-electron chi connectivity index (χ3n) is 3.52. The number of carboxylic acids is 1. The maximum Gasteiger partial charge on any atom is 0.326 e. The molecule has 2 aliphatic rings. The molecule has 1 spiro atoms. The van der Waals surface area contributed by atoms with Gasteiger partial charge in [-0.2, -0.15) is 0 Å². The fourth-order valence-corrected chi connectivity index (χ4v) is 2.50. The number of nitrogens with one attached hydrogen (secondary N) is 1. The topological polar surface area (TPSA) is 69.6 Å². The third kappa shape index (κ3) is 1.51. The largest absolute Gasteiger partial charge is 0.480 e. The summed E-state index contributed by atoms with van der Waals surface area (Å²) in [6.45, 7) is 2.98. The Balaban J connectivity index is 2.13. The lowest BCUT2D eigenvalue weighted by Crippen LogP contribution is -2.50. The van der Waals surface area contributed by atoms with Crippen LogP contribution in [0.25, 0.3) is 0 Å². The zero-order chi connectivity index (χ0) is 11.1. The highest BCUT2D eigenvalue weighted by Gasteiger charge is 2.50. The standard InChI is InChI=1S/C10H16N2O3/c1-7(8(13)14)12-6-4-10(9(12)15)3-2-5-11-10/h7,11H,2-6H2,1H3,(H,13,14)/t7-,10+/m0/s1. The summed E-state index contributed by atoms with van der Waals surface area (Å²) in [7, 11) is 0. The summed E-state index contributed by atoms with van der Waals surface area (Å²) in [5.41, 5.74) is -0.441. The predicted molar refractivity (Wildman–Crippen MR) is 53.4 cm³/mol. The quantitative estimate of drug-likeness (QED) is 0.666. The van der Waals surface area contributed by atoms with E-state index in [1.54, 1.807) is 6.92 Å². The molecule has 0 radical (unpaired) electrons. The van der Waals surface area contributed by atoms with Crippen LogP contribution in [0.2, 0.25) is 0 Å². The van der Waals surface area contributed by atoms with Crippen molar-refractivity contribution < 1.29 is 14.7 Å². The molecular weight excluding hydrogens is 196 g/mol. The van der Waals surface area contributed by atoms with Crippen LogP contribution in [0, 0.1) is 0 Å². The van der Waals surface area contributed by atoms with Crippen LogP contribution in [0.1, 0.15) is 26.2 Å². The molecule has 2 atom stereocenters. The number of carbonyl (C=O) groups excluding carboxylic acids is 1. The molecule has 0 aromatic carbocycles. The van der Waals surface area contributed by atoms with Gasteiger partial charge in [-0.15, -0.1) is 0 Å². The number of hydrogen-bond acceptors (Lipinski definition) is 3. The van der Waals surface area contributed by atoms with Crippen molar-refractivity contribution in [2.24, 2.45) is 0 Å². The first-order chi connectivity index (χ1) is 7.07. The van der Waals surface area contributed by atoms with Gasteiger partial charge >= 0.3 is 5.97 Å². The van der Waals surface area contributed by atoms with Gasteiger partial charge in [-0.25, -0.2) is 4.79 Å². The maximum absolute atomic E-state index is 12.1. The van der Waals surface area contributed by atoms with Gasteiger partial charge in [0.05, 0.1) is 5.54 Å². The summed E-state index contributed by atoms with van der Waals surface area (Å²) in [5.74, 6) is -0.965. The van der Waals surface area contributed by atoms with Gasteiger partial charge in [-0.3, -0.25) is 4.79 Å². The van der Waals surface area contributed by atoms with E-state index in [0.717, 1.165) is 25.8 Å². The van der Waals surface area contributed by atoms with Crippen LogP contribution in [-0.4, -0.2) is 46.6 Å². The zero-order valence-electron chi connectivity index (χ0n) is 8.82. The number of aliphatic carboxylic acids is 1. The molecule has 2 N–H and O–H groups in total. The highest BCUT2D eigenvalue weighted by Crippen LogP contribution is 2.32. The Kier molecular flexibility index (Phi) is 2.42. The normalized spacial score (nSPS) is 32.6.